The van der Waals surface area contributed by atoms with Gasteiger partial charge in [0.2, 0.25) is 0 Å². The molecule has 2 aromatic heterocycles. The highest BCUT2D eigenvalue weighted by atomic mass is 79.9. The third-order valence-corrected chi connectivity index (χ3v) is 7.46. The van der Waals surface area contributed by atoms with Crippen molar-refractivity contribution in [3.63, 3.8) is 0 Å². The van der Waals surface area contributed by atoms with Crippen molar-refractivity contribution < 1.29 is 4.79 Å². The lowest BCUT2D eigenvalue weighted by molar-refractivity contribution is 0.0868. The summed E-state index contributed by atoms with van der Waals surface area (Å²) in [7, 11) is 0. The van der Waals surface area contributed by atoms with E-state index in [4.69, 9.17) is 0 Å². The van der Waals surface area contributed by atoms with Gasteiger partial charge in [-0.3, -0.25) is 4.79 Å². The first-order valence-electron chi connectivity index (χ1n) is 11.6. The minimum absolute atomic E-state index is 0.132. The van der Waals surface area contributed by atoms with Crippen LogP contribution >= 0.6 is 27.7 Å². The van der Waals surface area contributed by atoms with Crippen molar-refractivity contribution in [2.24, 2.45) is 11.3 Å². The summed E-state index contributed by atoms with van der Waals surface area (Å²) in [5, 5.41) is 12.6. The Bertz CT molecular complexity index is 1160. The summed E-state index contributed by atoms with van der Waals surface area (Å²) >= 11 is 4.96. The van der Waals surface area contributed by atoms with Gasteiger partial charge in [-0.05, 0) is 74.8 Å². The molecule has 1 aliphatic carbocycles. The molecule has 180 valence electrons. The number of carbonyl (C=O) groups is 1. The van der Waals surface area contributed by atoms with Gasteiger partial charge in [0, 0.05) is 27.7 Å². The number of thioether (sulfide) groups is 1. The van der Waals surface area contributed by atoms with E-state index in [1.165, 1.54) is 18.2 Å². The lowest BCUT2D eigenvalue weighted by Crippen LogP contribution is -2.43. The van der Waals surface area contributed by atoms with Crippen LogP contribution < -0.4 is 5.32 Å². The second kappa shape index (κ2) is 10.2. The Kier molecular flexibility index (Phi) is 7.42. The Labute approximate surface area is 213 Å². The van der Waals surface area contributed by atoms with Crippen molar-refractivity contribution >= 4 is 33.6 Å². The molecule has 0 bridgehead atoms. The average Bonchev–Trinajstić information content (AvgIpc) is 3.14. The summed E-state index contributed by atoms with van der Waals surface area (Å²) in [5.74, 6) is 0.876. The van der Waals surface area contributed by atoms with E-state index in [1.807, 2.05) is 44.2 Å². The summed E-state index contributed by atoms with van der Waals surface area (Å²) in [5.41, 5.74) is 3.98. The molecule has 1 aliphatic rings. The number of rotatable bonds is 6. The van der Waals surface area contributed by atoms with E-state index in [0.29, 0.717) is 22.5 Å². The van der Waals surface area contributed by atoms with Crippen LogP contribution in [0.1, 0.15) is 67.6 Å². The fraction of sp³-hybridized carbons (Fsp3) is 0.480. The molecule has 34 heavy (non-hydrogen) atoms. The predicted octanol–water partition coefficient (Wildman–Crippen LogP) is 5.67. The largest absolute Gasteiger partial charge is 0.348 e. The highest BCUT2D eigenvalue weighted by Gasteiger charge is 2.33. The number of carbonyl (C=O) groups excluding carboxylic acids is 1. The molecule has 2 unspecified atom stereocenters. The highest BCUT2D eigenvalue weighted by Crippen LogP contribution is 2.38. The van der Waals surface area contributed by atoms with Gasteiger partial charge in [0.05, 0.1) is 11.4 Å². The zero-order valence-electron chi connectivity index (χ0n) is 20.3. The van der Waals surface area contributed by atoms with Gasteiger partial charge in [-0.1, -0.05) is 53.7 Å². The molecular weight excluding hydrogens is 512 g/mol. The molecule has 7 nitrogen and oxygen atoms in total. The number of nitrogens with zero attached hydrogens (tertiary/aromatic N) is 5. The molecule has 0 radical (unpaired) electrons. The standard InChI is InChI=1S/C25H31BrN6OS/c1-15-10-19(13-25(4,5)12-15)29-23(33)22-21(14-34-24-27-16(2)11-17(3)28-24)32(31-30-22)20-8-6-18(26)7-9-20/h6-9,11,15,19H,10,12-14H2,1-5H3,(H,29,33). The molecule has 1 saturated carbocycles. The van der Waals surface area contributed by atoms with Gasteiger partial charge in [0.15, 0.2) is 10.9 Å². The van der Waals surface area contributed by atoms with Crippen LogP contribution in [0.5, 0.6) is 0 Å². The zero-order valence-corrected chi connectivity index (χ0v) is 22.7. The third kappa shape index (κ3) is 6.05. The van der Waals surface area contributed by atoms with Gasteiger partial charge in [-0.15, -0.1) is 5.10 Å². The Balaban J connectivity index is 1.62. The van der Waals surface area contributed by atoms with Gasteiger partial charge in [0.25, 0.3) is 5.91 Å². The maximum atomic E-state index is 13.4. The lowest BCUT2D eigenvalue weighted by Gasteiger charge is -2.39. The maximum absolute atomic E-state index is 13.4. The van der Waals surface area contributed by atoms with E-state index in [1.54, 1.807) is 4.68 Å². The molecular formula is C25H31BrN6OS. The minimum Gasteiger partial charge on any atom is -0.348 e. The number of halogens is 1. The minimum atomic E-state index is -0.171. The number of hydrogen-bond acceptors (Lipinski definition) is 6. The van der Waals surface area contributed by atoms with Crippen LogP contribution in [0.15, 0.2) is 40.0 Å². The second-order valence-corrected chi connectivity index (χ2v) is 11.9. The number of hydrogen-bond donors (Lipinski definition) is 1. The first-order valence-corrected chi connectivity index (χ1v) is 13.3. The lowest BCUT2D eigenvalue weighted by atomic mass is 9.70. The maximum Gasteiger partial charge on any atom is 0.274 e. The van der Waals surface area contributed by atoms with E-state index >= 15 is 0 Å². The normalized spacial score (nSPS) is 19.7. The first-order chi connectivity index (χ1) is 16.1. The topological polar surface area (TPSA) is 85.6 Å². The molecule has 3 aromatic rings. The summed E-state index contributed by atoms with van der Waals surface area (Å²) in [4.78, 5) is 22.5. The van der Waals surface area contributed by atoms with Crippen molar-refractivity contribution in [3.05, 3.63) is 57.6 Å². The summed E-state index contributed by atoms with van der Waals surface area (Å²) < 4.78 is 2.72. The van der Waals surface area contributed by atoms with Crippen molar-refractivity contribution in [3.8, 4) is 5.69 Å². The third-order valence-electron chi connectivity index (χ3n) is 6.07. The van der Waals surface area contributed by atoms with Gasteiger partial charge in [-0.25, -0.2) is 14.6 Å². The first kappa shape index (κ1) is 24.9. The SMILES string of the molecule is Cc1cc(C)nc(SCc2c(C(=O)NC3CC(C)CC(C)(C)C3)nnn2-c2ccc(Br)cc2)n1. The van der Waals surface area contributed by atoms with E-state index in [2.05, 4.69) is 62.3 Å². The molecule has 1 N–H and O–H groups in total. The number of benzene rings is 1. The smallest absolute Gasteiger partial charge is 0.274 e. The molecule has 1 aromatic carbocycles. The summed E-state index contributed by atoms with van der Waals surface area (Å²) in [6, 6.07) is 9.88. The van der Waals surface area contributed by atoms with Crippen LogP contribution in [0, 0.1) is 25.2 Å². The summed E-state index contributed by atoms with van der Waals surface area (Å²) in [6.07, 6.45) is 3.12. The quantitative estimate of drug-likeness (QED) is 0.318. The van der Waals surface area contributed by atoms with Crippen molar-refractivity contribution in [1.29, 1.82) is 0 Å². The van der Waals surface area contributed by atoms with Gasteiger partial charge in [0.1, 0.15) is 0 Å². The van der Waals surface area contributed by atoms with Crippen LogP contribution in [-0.4, -0.2) is 36.9 Å². The van der Waals surface area contributed by atoms with E-state index < -0.39 is 0 Å². The van der Waals surface area contributed by atoms with Crippen molar-refractivity contribution in [2.75, 3.05) is 0 Å². The highest BCUT2D eigenvalue weighted by molar-refractivity contribution is 9.10. The summed E-state index contributed by atoms with van der Waals surface area (Å²) in [6.45, 7) is 10.7. The molecule has 9 heteroatoms. The molecule has 2 atom stereocenters. The van der Waals surface area contributed by atoms with Crippen LogP contribution in [0.4, 0.5) is 0 Å². The Morgan fingerprint density at radius 3 is 2.50 bits per heavy atom. The Hall–Kier alpha value is -2.26. The van der Waals surface area contributed by atoms with E-state index in [0.717, 1.165) is 40.1 Å². The fourth-order valence-electron chi connectivity index (χ4n) is 5.00. The zero-order chi connectivity index (χ0) is 24.5. The van der Waals surface area contributed by atoms with Gasteiger partial charge in [-0.2, -0.15) is 0 Å². The van der Waals surface area contributed by atoms with Crippen molar-refractivity contribution in [2.45, 2.75) is 70.8 Å². The number of aromatic nitrogens is 5. The molecule has 1 fully saturated rings. The molecule has 0 aliphatic heterocycles. The second-order valence-electron chi connectivity index (χ2n) is 10.1. The molecule has 0 saturated heterocycles. The van der Waals surface area contributed by atoms with Gasteiger partial charge >= 0.3 is 0 Å². The van der Waals surface area contributed by atoms with E-state index in [-0.39, 0.29) is 17.4 Å². The van der Waals surface area contributed by atoms with E-state index in [9.17, 15) is 4.79 Å². The Morgan fingerprint density at radius 1 is 1.18 bits per heavy atom. The van der Waals surface area contributed by atoms with Crippen LogP contribution in [0.2, 0.25) is 0 Å². The fourth-order valence-corrected chi connectivity index (χ4v) is 6.20. The predicted molar refractivity (Wildman–Crippen MR) is 138 cm³/mol. The molecule has 4 rings (SSSR count). The number of nitrogens with one attached hydrogen (secondary N) is 1. The number of aryl methyl sites for hydroxylation is 2. The molecule has 0 spiro atoms. The average molecular weight is 544 g/mol. The van der Waals surface area contributed by atoms with Crippen molar-refractivity contribution in [1.82, 2.24) is 30.3 Å². The number of amides is 1. The molecule has 1 amide bonds. The monoisotopic (exact) mass is 542 g/mol. The van der Waals surface area contributed by atoms with Crippen LogP contribution in [-0.2, 0) is 5.75 Å². The van der Waals surface area contributed by atoms with Gasteiger partial charge < -0.3 is 5.32 Å². The molecule has 2 heterocycles. The van der Waals surface area contributed by atoms with Crippen LogP contribution in [0.25, 0.3) is 5.69 Å². The Morgan fingerprint density at radius 2 is 1.85 bits per heavy atom. The van der Waals surface area contributed by atoms with Crippen LogP contribution in [0.3, 0.4) is 0 Å².